The third kappa shape index (κ3) is 3.95. The van der Waals surface area contributed by atoms with Crippen LogP contribution in [0.25, 0.3) is 44.8 Å². The monoisotopic (exact) mass is 468 g/mol. The van der Waals surface area contributed by atoms with Crippen LogP contribution in [0.3, 0.4) is 0 Å². The van der Waals surface area contributed by atoms with Crippen LogP contribution in [0.5, 0.6) is 11.5 Å². The number of rotatable bonds is 5. The van der Waals surface area contributed by atoms with Crippen LogP contribution in [0.1, 0.15) is 0 Å². The molecule has 5 aromatic rings. The second-order valence-corrected chi connectivity index (χ2v) is 8.96. The van der Waals surface area contributed by atoms with E-state index in [0.717, 1.165) is 82.5 Å². The molecule has 1 fully saturated rings. The number of ether oxygens (including phenoxy) is 2. The van der Waals surface area contributed by atoms with Crippen molar-refractivity contribution in [3.05, 3.63) is 54.6 Å². The number of fused-ring (bicyclic) bond motifs is 2. The lowest BCUT2D eigenvalue weighted by Gasteiger charge is -2.34. The average Bonchev–Trinajstić information content (AvgIpc) is 3.52. The van der Waals surface area contributed by atoms with Gasteiger partial charge in [0, 0.05) is 37.4 Å². The average molecular weight is 469 g/mol. The molecule has 0 amide bonds. The Hall–Kier alpha value is -4.04. The number of piperazine rings is 1. The van der Waals surface area contributed by atoms with Gasteiger partial charge < -0.3 is 29.2 Å². The SMILES string of the molecule is COc1ccc(OC)c(-c2nc3ccc(-c4nc5ccc(N6CCN(C)CC6)cc5[nH]4)cc3[nH]2)c1. The van der Waals surface area contributed by atoms with Crippen molar-refractivity contribution in [3.63, 3.8) is 0 Å². The lowest BCUT2D eigenvalue weighted by Crippen LogP contribution is -2.44. The zero-order valence-corrected chi connectivity index (χ0v) is 20.1. The highest BCUT2D eigenvalue weighted by atomic mass is 16.5. The Morgan fingerprint density at radius 1 is 0.743 bits per heavy atom. The van der Waals surface area contributed by atoms with Crippen molar-refractivity contribution in [2.45, 2.75) is 0 Å². The number of nitrogens with one attached hydrogen (secondary N) is 2. The molecule has 1 aliphatic heterocycles. The molecule has 0 saturated carbocycles. The molecule has 0 radical (unpaired) electrons. The van der Waals surface area contributed by atoms with E-state index in [4.69, 9.17) is 19.4 Å². The number of anilines is 1. The normalized spacial score (nSPS) is 14.7. The van der Waals surface area contributed by atoms with E-state index in [2.05, 4.69) is 57.1 Å². The highest BCUT2D eigenvalue weighted by Gasteiger charge is 2.16. The van der Waals surface area contributed by atoms with Crippen molar-refractivity contribution in [3.8, 4) is 34.3 Å². The van der Waals surface area contributed by atoms with Crippen LogP contribution in [0.2, 0.25) is 0 Å². The van der Waals surface area contributed by atoms with Crippen LogP contribution < -0.4 is 14.4 Å². The molecule has 2 N–H and O–H groups in total. The third-order valence-electron chi connectivity index (χ3n) is 6.75. The molecule has 6 rings (SSSR count). The Morgan fingerprint density at radius 2 is 1.46 bits per heavy atom. The lowest BCUT2D eigenvalue weighted by atomic mass is 10.2. The van der Waals surface area contributed by atoms with Crippen molar-refractivity contribution < 1.29 is 9.47 Å². The first kappa shape index (κ1) is 21.5. The molecule has 0 aliphatic carbocycles. The summed E-state index contributed by atoms with van der Waals surface area (Å²) in [5.74, 6) is 3.06. The smallest absolute Gasteiger partial charge is 0.142 e. The number of aromatic amines is 2. The Morgan fingerprint density at radius 3 is 2.23 bits per heavy atom. The molecule has 1 aliphatic rings. The number of hydrogen-bond acceptors (Lipinski definition) is 6. The number of likely N-dealkylation sites (N-methyl/N-ethyl adjacent to an activating group) is 1. The molecular weight excluding hydrogens is 440 g/mol. The van der Waals surface area contributed by atoms with Gasteiger partial charge in [0.25, 0.3) is 0 Å². The fraction of sp³-hybridized carbons (Fsp3) is 0.259. The summed E-state index contributed by atoms with van der Waals surface area (Å²) in [6.07, 6.45) is 0. The Bertz CT molecular complexity index is 1510. The highest BCUT2D eigenvalue weighted by Crippen LogP contribution is 2.34. The highest BCUT2D eigenvalue weighted by molar-refractivity contribution is 5.87. The van der Waals surface area contributed by atoms with Crippen LogP contribution in [0.15, 0.2) is 54.6 Å². The number of methoxy groups -OCH3 is 2. The Labute approximate surface area is 203 Å². The topological polar surface area (TPSA) is 82.3 Å². The molecule has 2 aromatic heterocycles. The van der Waals surface area contributed by atoms with Gasteiger partial charge in [0.15, 0.2) is 0 Å². The molecule has 178 valence electrons. The molecule has 3 heterocycles. The second kappa shape index (κ2) is 8.63. The van der Waals surface area contributed by atoms with Gasteiger partial charge >= 0.3 is 0 Å². The summed E-state index contributed by atoms with van der Waals surface area (Å²) in [6, 6.07) is 18.3. The van der Waals surface area contributed by atoms with Crippen molar-refractivity contribution in [2.75, 3.05) is 52.3 Å². The maximum atomic E-state index is 5.54. The van der Waals surface area contributed by atoms with Crippen LogP contribution >= 0.6 is 0 Å². The number of H-pyrrole nitrogens is 2. The van der Waals surface area contributed by atoms with Crippen molar-refractivity contribution in [2.24, 2.45) is 0 Å². The first-order valence-corrected chi connectivity index (χ1v) is 11.8. The number of aromatic nitrogens is 4. The maximum absolute atomic E-state index is 5.54. The number of benzene rings is 3. The van der Waals surface area contributed by atoms with Gasteiger partial charge in [-0.15, -0.1) is 0 Å². The molecule has 35 heavy (non-hydrogen) atoms. The molecule has 0 unspecified atom stereocenters. The fourth-order valence-corrected chi connectivity index (χ4v) is 4.68. The van der Waals surface area contributed by atoms with E-state index in [1.54, 1.807) is 14.2 Å². The van der Waals surface area contributed by atoms with E-state index >= 15 is 0 Å². The van der Waals surface area contributed by atoms with Gasteiger partial charge in [-0.1, -0.05) is 0 Å². The molecule has 8 nitrogen and oxygen atoms in total. The van der Waals surface area contributed by atoms with Crippen LogP contribution in [-0.4, -0.2) is 72.3 Å². The maximum Gasteiger partial charge on any atom is 0.142 e. The Kier molecular flexibility index (Phi) is 5.30. The first-order valence-electron chi connectivity index (χ1n) is 11.8. The number of imidazole rings is 2. The van der Waals surface area contributed by atoms with Gasteiger partial charge in [-0.2, -0.15) is 0 Å². The molecule has 1 saturated heterocycles. The molecule has 0 bridgehead atoms. The summed E-state index contributed by atoms with van der Waals surface area (Å²) in [5.41, 5.74) is 6.91. The third-order valence-corrected chi connectivity index (χ3v) is 6.75. The fourth-order valence-electron chi connectivity index (χ4n) is 4.68. The summed E-state index contributed by atoms with van der Waals surface area (Å²) in [6.45, 7) is 4.25. The van der Waals surface area contributed by atoms with Gasteiger partial charge in [0.2, 0.25) is 0 Å². The minimum Gasteiger partial charge on any atom is -0.497 e. The van der Waals surface area contributed by atoms with E-state index in [9.17, 15) is 0 Å². The van der Waals surface area contributed by atoms with E-state index in [-0.39, 0.29) is 0 Å². The zero-order chi connectivity index (χ0) is 23.9. The summed E-state index contributed by atoms with van der Waals surface area (Å²) < 4.78 is 10.9. The zero-order valence-electron chi connectivity index (χ0n) is 20.1. The summed E-state index contributed by atoms with van der Waals surface area (Å²) >= 11 is 0. The molecule has 8 heteroatoms. The molecule has 3 aromatic carbocycles. The predicted molar refractivity (Wildman–Crippen MR) is 139 cm³/mol. The predicted octanol–water partition coefficient (Wildman–Crippen LogP) is 4.54. The standard InChI is InChI=1S/C27H28N6O2/c1-32-10-12-33(13-11-32)18-5-8-22-24(15-18)30-26(28-22)17-4-7-21-23(14-17)31-27(29-21)20-16-19(34-2)6-9-25(20)35-3/h4-9,14-16H,10-13H2,1-3H3,(H,28,30)(H,29,31). The Balaban J connectivity index is 1.33. The molecular formula is C27H28N6O2. The number of hydrogen-bond donors (Lipinski definition) is 2. The van der Waals surface area contributed by atoms with Gasteiger partial charge in [-0.25, -0.2) is 9.97 Å². The summed E-state index contributed by atoms with van der Waals surface area (Å²) in [7, 11) is 5.48. The van der Waals surface area contributed by atoms with Crippen LogP contribution in [0, 0.1) is 0 Å². The summed E-state index contributed by atoms with van der Waals surface area (Å²) in [5, 5.41) is 0. The first-order chi connectivity index (χ1) is 17.1. The number of nitrogens with zero attached hydrogens (tertiary/aromatic N) is 4. The largest absolute Gasteiger partial charge is 0.497 e. The minimum atomic E-state index is 0.731. The van der Waals surface area contributed by atoms with E-state index in [1.165, 1.54) is 5.69 Å². The van der Waals surface area contributed by atoms with Gasteiger partial charge in [-0.3, -0.25) is 0 Å². The van der Waals surface area contributed by atoms with E-state index in [0.29, 0.717) is 0 Å². The summed E-state index contributed by atoms with van der Waals surface area (Å²) in [4.78, 5) is 21.4. The molecule has 0 spiro atoms. The van der Waals surface area contributed by atoms with Crippen molar-refractivity contribution >= 4 is 27.8 Å². The lowest BCUT2D eigenvalue weighted by molar-refractivity contribution is 0.313. The molecule has 0 atom stereocenters. The van der Waals surface area contributed by atoms with Crippen LogP contribution in [-0.2, 0) is 0 Å². The quantitative estimate of drug-likeness (QED) is 0.394. The minimum absolute atomic E-state index is 0.731. The van der Waals surface area contributed by atoms with Crippen molar-refractivity contribution in [1.82, 2.24) is 24.8 Å². The van der Waals surface area contributed by atoms with Gasteiger partial charge in [0.1, 0.15) is 23.1 Å². The van der Waals surface area contributed by atoms with E-state index in [1.807, 2.05) is 24.3 Å². The van der Waals surface area contributed by atoms with Crippen molar-refractivity contribution in [1.29, 1.82) is 0 Å². The van der Waals surface area contributed by atoms with Gasteiger partial charge in [-0.05, 0) is 61.6 Å². The van der Waals surface area contributed by atoms with Crippen LogP contribution in [0.4, 0.5) is 5.69 Å². The van der Waals surface area contributed by atoms with E-state index < -0.39 is 0 Å². The second-order valence-electron chi connectivity index (χ2n) is 8.96. The van der Waals surface area contributed by atoms with Gasteiger partial charge in [0.05, 0.1) is 41.8 Å².